The number of aliphatic hydroxyl groups is 1. The van der Waals surface area contributed by atoms with Crippen LogP contribution in [-0.2, 0) is 9.53 Å². The maximum atomic E-state index is 11.7. The lowest BCUT2D eigenvalue weighted by Crippen LogP contribution is -2.32. The summed E-state index contributed by atoms with van der Waals surface area (Å²) in [6.07, 6.45) is 1.60. The molecule has 0 aromatic heterocycles. The predicted octanol–water partition coefficient (Wildman–Crippen LogP) is 1.56. The normalized spacial score (nSPS) is 27.0. The third-order valence-electron chi connectivity index (χ3n) is 2.91. The van der Waals surface area contributed by atoms with Crippen molar-refractivity contribution in [1.82, 2.24) is 0 Å². The van der Waals surface area contributed by atoms with Crippen molar-refractivity contribution in [2.45, 2.75) is 33.3 Å². The monoisotopic (exact) mass is 212 g/mol. The van der Waals surface area contributed by atoms with Crippen LogP contribution >= 0.6 is 0 Å². The van der Waals surface area contributed by atoms with Gasteiger partial charge in [0.2, 0.25) is 0 Å². The Hall–Kier alpha value is -0.670. The molecule has 1 aliphatic carbocycles. The van der Waals surface area contributed by atoms with Crippen LogP contribution in [0.2, 0.25) is 0 Å². The fraction of sp³-hybridized carbons (Fsp3) is 0.750. The van der Waals surface area contributed by atoms with Crippen molar-refractivity contribution < 1.29 is 14.6 Å². The van der Waals surface area contributed by atoms with Crippen molar-refractivity contribution in [2.75, 3.05) is 13.2 Å². The van der Waals surface area contributed by atoms with Gasteiger partial charge in [-0.2, -0.15) is 0 Å². The van der Waals surface area contributed by atoms with Gasteiger partial charge in [-0.1, -0.05) is 13.8 Å². The zero-order valence-electron chi connectivity index (χ0n) is 9.69. The van der Waals surface area contributed by atoms with E-state index < -0.39 is 6.10 Å². The molecule has 0 saturated carbocycles. The SMILES string of the molecule is CCOCC1=CC(O)C(C(C)C)CC1=O. The summed E-state index contributed by atoms with van der Waals surface area (Å²) in [6.45, 7) is 6.87. The van der Waals surface area contributed by atoms with Crippen molar-refractivity contribution >= 4 is 5.78 Å². The predicted molar refractivity (Wildman–Crippen MR) is 58.5 cm³/mol. The molecule has 3 heteroatoms. The van der Waals surface area contributed by atoms with Crippen LogP contribution in [0.3, 0.4) is 0 Å². The average molecular weight is 212 g/mol. The van der Waals surface area contributed by atoms with Crippen molar-refractivity contribution in [2.24, 2.45) is 11.8 Å². The quantitative estimate of drug-likeness (QED) is 0.769. The van der Waals surface area contributed by atoms with Gasteiger partial charge in [-0.25, -0.2) is 0 Å². The summed E-state index contributed by atoms with van der Waals surface area (Å²) in [5.74, 6) is 0.504. The van der Waals surface area contributed by atoms with Crippen LogP contribution < -0.4 is 0 Å². The van der Waals surface area contributed by atoms with E-state index in [1.54, 1.807) is 6.08 Å². The van der Waals surface area contributed by atoms with Crippen LogP contribution in [0.25, 0.3) is 0 Å². The molecule has 0 fully saturated rings. The summed E-state index contributed by atoms with van der Waals surface area (Å²) in [5.41, 5.74) is 0.626. The van der Waals surface area contributed by atoms with Crippen LogP contribution in [0.15, 0.2) is 11.6 Å². The first-order valence-electron chi connectivity index (χ1n) is 5.56. The van der Waals surface area contributed by atoms with Gasteiger partial charge in [0, 0.05) is 18.6 Å². The topological polar surface area (TPSA) is 46.5 Å². The minimum atomic E-state index is -0.502. The highest BCUT2D eigenvalue weighted by Gasteiger charge is 2.30. The van der Waals surface area contributed by atoms with Gasteiger partial charge in [0.15, 0.2) is 5.78 Å². The molecule has 2 atom stereocenters. The van der Waals surface area contributed by atoms with Gasteiger partial charge >= 0.3 is 0 Å². The number of hydrogen-bond acceptors (Lipinski definition) is 3. The molecule has 0 heterocycles. The zero-order chi connectivity index (χ0) is 11.4. The number of carbonyl (C=O) groups excluding carboxylic acids is 1. The molecule has 15 heavy (non-hydrogen) atoms. The molecule has 0 saturated heterocycles. The Morgan fingerprint density at radius 2 is 2.27 bits per heavy atom. The fourth-order valence-corrected chi connectivity index (χ4v) is 1.86. The third kappa shape index (κ3) is 3.14. The highest BCUT2D eigenvalue weighted by Crippen LogP contribution is 2.27. The van der Waals surface area contributed by atoms with Crippen LogP contribution in [0.1, 0.15) is 27.2 Å². The molecule has 1 rings (SSSR count). The van der Waals surface area contributed by atoms with E-state index in [1.165, 1.54) is 0 Å². The second kappa shape index (κ2) is 5.42. The Labute approximate surface area is 91.1 Å². The van der Waals surface area contributed by atoms with Gasteiger partial charge < -0.3 is 9.84 Å². The van der Waals surface area contributed by atoms with Gasteiger partial charge in [0.25, 0.3) is 0 Å². The van der Waals surface area contributed by atoms with Gasteiger partial charge in [-0.05, 0) is 24.8 Å². The van der Waals surface area contributed by atoms with E-state index in [9.17, 15) is 9.90 Å². The van der Waals surface area contributed by atoms with Crippen LogP contribution in [-0.4, -0.2) is 30.2 Å². The lowest BCUT2D eigenvalue weighted by Gasteiger charge is -2.28. The number of carbonyl (C=O) groups is 1. The number of ether oxygens (including phenoxy) is 1. The van der Waals surface area contributed by atoms with Crippen molar-refractivity contribution in [3.63, 3.8) is 0 Å². The standard InChI is InChI=1S/C12H20O3/c1-4-15-7-9-5-12(14)10(8(2)3)6-11(9)13/h5,8,10,12,14H,4,6-7H2,1-3H3. The number of Topliss-reactive ketones (excluding diaryl/α,β-unsaturated/α-hetero) is 1. The molecule has 1 N–H and O–H groups in total. The van der Waals surface area contributed by atoms with E-state index in [1.807, 2.05) is 20.8 Å². The summed E-state index contributed by atoms with van der Waals surface area (Å²) in [5, 5.41) is 9.84. The second-order valence-corrected chi connectivity index (χ2v) is 4.35. The molecule has 1 aliphatic rings. The smallest absolute Gasteiger partial charge is 0.161 e. The molecule has 0 spiro atoms. The molecular weight excluding hydrogens is 192 g/mol. The second-order valence-electron chi connectivity index (χ2n) is 4.35. The summed E-state index contributed by atoms with van der Waals surface area (Å²) in [4.78, 5) is 11.7. The summed E-state index contributed by atoms with van der Waals surface area (Å²) >= 11 is 0. The first-order chi connectivity index (χ1) is 7.06. The highest BCUT2D eigenvalue weighted by atomic mass is 16.5. The van der Waals surface area contributed by atoms with Gasteiger partial charge in [0.05, 0.1) is 12.7 Å². The van der Waals surface area contributed by atoms with Gasteiger partial charge in [0.1, 0.15) is 0 Å². The maximum Gasteiger partial charge on any atom is 0.161 e. The largest absolute Gasteiger partial charge is 0.389 e. The average Bonchev–Trinajstić information content (AvgIpc) is 2.18. The highest BCUT2D eigenvalue weighted by molar-refractivity contribution is 5.96. The summed E-state index contributed by atoms with van der Waals surface area (Å²) in [7, 11) is 0. The lowest BCUT2D eigenvalue weighted by atomic mass is 9.80. The molecule has 0 amide bonds. The number of hydrogen-bond donors (Lipinski definition) is 1. The maximum absolute atomic E-state index is 11.7. The molecule has 0 bridgehead atoms. The van der Waals surface area contributed by atoms with Crippen molar-refractivity contribution in [3.05, 3.63) is 11.6 Å². The Balaban J connectivity index is 2.68. The molecule has 0 aromatic rings. The van der Waals surface area contributed by atoms with Crippen molar-refractivity contribution in [1.29, 1.82) is 0 Å². The molecule has 0 radical (unpaired) electrons. The van der Waals surface area contributed by atoms with E-state index in [0.29, 0.717) is 31.1 Å². The number of ketones is 1. The molecule has 0 aromatic carbocycles. The Kier molecular flexibility index (Phi) is 4.48. The van der Waals surface area contributed by atoms with E-state index >= 15 is 0 Å². The molecular formula is C12H20O3. The first-order valence-corrected chi connectivity index (χ1v) is 5.56. The molecule has 2 unspecified atom stereocenters. The van der Waals surface area contributed by atoms with Crippen LogP contribution in [0, 0.1) is 11.8 Å². The Morgan fingerprint density at radius 3 is 2.80 bits per heavy atom. The molecule has 3 nitrogen and oxygen atoms in total. The van der Waals surface area contributed by atoms with Crippen LogP contribution in [0.4, 0.5) is 0 Å². The summed E-state index contributed by atoms with van der Waals surface area (Å²) < 4.78 is 5.19. The van der Waals surface area contributed by atoms with E-state index in [2.05, 4.69) is 0 Å². The zero-order valence-corrected chi connectivity index (χ0v) is 9.69. The van der Waals surface area contributed by atoms with E-state index in [-0.39, 0.29) is 11.7 Å². The first kappa shape index (κ1) is 12.4. The Morgan fingerprint density at radius 1 is 1.60 bits per heavy atom. The minimum Gasteiger partial charge on any atom is -0.389 e. The third-order valence-corrected chi connectivity index (χ3v) is 2.91. The van der Waals surface area contributed by atoms with Gasteiger partial charge in [-0.15, -0.1) is 0 Å². The van der Waals surface area contributed by atoms with E-state index in [4.69, 9.17) is 4.74 Å². The van der Waals surface area contributed by atoms with Gasteiger partial charge in [-0.3, -0.25) is 4.79 Å². The number of aliphatic hydroxyl groups excluding tert-OH is 1. The molecule has 86 valence electrons. The minimum absolute atomic E-state index is 0.0582. The van der Waals surface area contributed by atoms with E-state index in [0.717, 1.165) is 0 Å². The molecule has 0 aliphatic heterocycles. The number of rotatable bonds is 4. The Bertz CT molecular complexity index is 256. The summed E-state index contributed by atoms with van der Waals surface area (Å²) in [6, 6.07) is 0. The van der Waals surface area contributed by atoms with Crippen molar-refractivity contribution in [3.8, 4) is 0 Å². The fourth-order valence-electron chi connectivity index (χ4n) is 1.86. The van der Waals surface area contributed by atoms with Crippen LogP contribution in [0.5, 0.6) is 0 Å². The lowest BCUT2D eigenvalue weighted by molar-refractivity contribution is -0.119.